The smallest absolute Gasteiger partial charge is 0.243 e. The van der Waals surface area contributed by atoms with Gasteiger partial charge in [-0.25, -0.2) is 8.42 Å². The zero-order chi connectivity index (χ0) is 27.2. The number of fused-ring (bicyclic) bond motifs is 1. The van der Waals surface area contributed by atoms with E-state index in [1.807, 2.05) is 11.8 Å². The predicted octanol–water partition coefficient (Wildman–Crippen LogP) is 3.35. The minimum Gasteiger partial charge on any atom is -0.368 e. The van der Waals surface area contributed by atoms with Gasteiger partial charge in [0.05, 0.1) is 4.90 Å². The monoisotopic (exact) mass is 538 g/mol. The molecule has 0 N–H and O–H groups in total. The maximum absolute atomic E-state index is 13.4. The molecule has 2 aromatic carbocycles. The number of piperidine rings is 1. The van der Waals surface area contributed by atoms with E-state index >= 15 is 0 Å². The van der Waals surface area contributed by atoms with Gasteiger partial charge in [0.1, 0.15) is 0 Å². The number of piperazine rings is 1. The summed E-state index contributed by atoms with van der Waals surface area (Å²) in [5.41, 5.74) is 5.49. The van der Waals surface area contributed by atoms with Crippen LogP contribution < -0.4 is 9.80 Å². The number of hydrogen-bond acceptors (Lipinski definition) is 5. The number of anilines is 2. The normalized spacial score (nSPS) is 21.1. The highest BCUT2D eigenvalue weighted by Crippen LogP contribution is 2.35. The summed E-state index contributed by atoms with van der Waals surface area (Å²) in [6, 6.07) is 11.5. The fourth-order valence-corrected chi connectivity index (χ4v) is 7.76. The Morgan fingerprint density at radius 1 is 0.895 bits per heavy atom. The van der Waals surface area contributed by atoms with Crippen LogP contribution in [0.3, 0.4) is 0 Å². The van der Waals surface area contributed by atoms with E-state index in [0.29, 0.717) is 45.4 Å². The molecule has 0 bridgehead atoms. The van der Waals surface area contributed by atoms with E-state index in [2.05, 4.69) is 36.9 Å². The van der Waals surface area contributed by atoms with Gasteiger partial charge in [0.15, 0.2) is 0 Å². The molecule has 3 heterocycles. The van der Waals surface area contributed by atoms with Gasteiger partial charge in [-0.2, -0.15) is 4.31 Å². The minimum absolute atomic E-state index is 0.0184. The van der Waals surface area contributed by atoms with Gasteiger partial charge < -0.3 is 14.7 Å². The van der Waals surface area contributed by atoms with Crippen LogP contribution in [0.4, 0.5) is 11.4 Å². The molecule has 2 aromatic rings. The number of benzene rings is 2. The summed E-state index contributed by atoms with van der Waals surface area (Å²) in [6.45, 7) is 11.5. The number of carbonyl (C=O) groups is 2. The highest BCUT2D eigenvalue weighted by Gasteiger charge is 2.36. The summed E-state index contributed by atoms with van der Waals surface area (Å²) in [4.78, 5) is 31.6. The second kappa shape index (κ2) is 10.3. The number of rotatable bonds is 4. The second-order valence-electron chi connectivity index (χ2n) is 10.9. The molecule has 9 heteroatoms. The van der Waals surface area contributed by atoms with Crippen LogP contribution in [0.15, 0.2) is 41.3 Å². The maximum Gasteiger partial charge on any atom is 0.243 e. The van der Waals surface area contributed by atoms with E-state index in [-0.39, 0.29) is 28.7 Å². The van der Waals surface area contributed by atoms with Gasteiger partial charge in [0.25, 0.3) is 0 Å². The molecule has 0 radical (unpaired) electrons. The molecule has 0 unspecified atom stereocenters. The van der Waals surface area contributed by atoms with Gasteiger partial charge in [-0.05, 0) is 81.0 Å². The molecule has 2 amide bonds. The van der Waals surface area contributed by atoms with Crippen molar-refractivity contribution in [3.63, 3.8) is 0 Å². The van der Waals surface area contributed by atoms with E-state index < -0.39 is 10.0 Å². The van der Waals surface area contributed by atoms with Crippen LogP contribution in [-0.2, 0) is 26.0 Å². The molecule has 38 heavy (non-hydrogen) atoms. The standard InChI is InChI=1S/C29H38N4O4S/c1-20-6-5-7-27(22(20)3)30-14-16-31(17-15-30)29(35)24-10-12-32(13-11-24)38(36,37)26-8-9-28-25(19-26)18-21(2)33(28)23(4)34/h5-9,19,21,24H,10-18H2,1-4H3/t21-/m0/s1. The first-order valence-electron chi connectivity index (χ1n) is 13.6. The summed E-state index contributed by atoms with van der Waals surface area (Å²) >= 11 is 0. The molecule has 204 valence electrons. The Balaban J connectivity index is 1.18. The van der Waals surface area contributed by atoms with Crippen LogP contribution in [0.2, 0.25) is 0 Å². The van der Waals surface area contributed by atoms with E-state index in [1.54, 1.807) is 23.1 Å². The minimum atomic E-state index is -3.66. The van der Waals surface area contributed by atoms with Crippen LogP contribution in [0.5, 0.6) is 0 Å². The Morgan fingerprint density at radius 2 is 1.58 bits per heavy atom. The Bertz CT molecular complexity index is 1340. The third-order valence-corrected chi connectivity index (χ3v) is 10.4. The van der Waals surface area contributed by atoms with Gasteiger partial charge in [-0.3, -0.25) is 9.59 Å². The van der Waals surface area contributed by atoms with Gasteiger partial charge in [0, 0.05) is 69.5 Å². The van der Waals surface area contributed by atoms with Crippen LogP contribution >= 0.6 is 0 Å². The molecule has 1 atom stereocenters. The fourth-order valence-electron chi connectivity index (χ4n) is 6.24. The molecule has 3 aliphatic heterocycles. The van der Waals surface area contributed by atoms with Crippen molar-refractivity contribution in [2.75, 3.05) is 49.1 Å². The van der Waals surface area contributed by atoms with Gasteiger partial charge in [-0.15, -0.1) is 0 Å². The van der Waals surface area contributed by atoms with Crippen molar-refractivity contribution >= 4 is 33.2 Å². The molecular weight excluding hydrogens is 500 g/mol. The van der Waals surface area contributed by atoms with Crippen molar-refractivity contribution in [1.82, 2.24) is 9.21 Å². The van der Waals surface area contributed by atoms with Crippen LogP contribution in [0.1, 0.15) is 43.4 Å². The number of carbonyl (C=O) groups excluding carboxylic acids is 2. The van der Waals surface area contributed by atoms with Gasteiger partial charge in [-0.1, -0.05) is 12.1 Å². The van der Waals surface area contributed by atoms with Crippen molar-refractivity contribution in [3.05, 3.63) is 53.1 Å². The lowest BCUT2D eigenvalue weighted by Crippen LogP contribution is -2.52. The summed E-state index contributed by atoms with van der Waals surface area (Å²) in [6.07, 6.45) is 1.72. The third-order valence-electron chi connectivity index (χ3n) is 8.55. The van der Waals surface area contributed by atoms with E-state index in [0.717, 1.165) is 24.3 Å². The lowest BCUT2D eigenvalue weighted by atomic mass is 9.96. The SMILES string of the molecule is CC(=O)N1c2ccc(S(=O)(=O)N3CCC(C(=O)N4CCN(c5cccc(C)c5C)CC4)CC3)cc2C[C@@H]1C. The Morgan fingerprint density at radius 3 is 2.24 bits per heavy atom. The summed E-state index contributed by atoms with van der Waals surface area (Å²) in [5, 5.41) is 0. The van der Waals surface area contributed by atoms with Crippen molar-refractivity contribution in [2.45, 2.75) is 57.9 Å². The Kier molecular flexibility index (Phi) is 7.26. The van der Waals surface area contributed by atoms with E-state index in [1.165, 1.54) is 28.0 Å². The van der Waals surface area contributed by atoms with Crippen molar-refractivity contribution in [2.24, 2.45) is 5.92 Å². The fraction of sp³-hybridized carbons (Fsp3) is 0.517. The highest BCUT2D eigenvalue weighted by molar-refractivity contribution is 7.89. The molecule has 0 aromatic heterocycles. The first kappa shape index (κ1) is 26.7. The lowest BCUT2D eigenvalue weighted by Gasteiger charge is -2.39. The zero-order valence-corrected chi connectivity index (χ0v) is 23.6. The van der Waals surface area contributed by atoms with Gasteiger partial charge in [0.2, 0.25) is 21.8 Å². The lowest BCUT2D eigenvalue weighted by molar-refractivity contribution is -0.137. The van der Waals surface area contributed by atoms with Crippen molar-refractivity contribution < 1.29 is 18.0 Å². The average molecular weight is 539 g/mol. The van der Waals surface area contributed by atoms with Crippen LogP contribution in [0, 0.1) is 19.8 Å². The Hall–Kier alpha value is -2.91. The van der Waals surface area contributed by atoms with Crippen LogP contribution in [0.25, 0.3) is 0 Å². The number of amides is 2. The molecule has 0 spiro atoms. The third kappa shape index (κ3) is 4.82. The quantitative estimate of drug-likeness (QED) is 0.597. The average Bonchev–Trinajstić information content (AvgIpc) is 3.25. The van der Waals surface area contributed by atoms with Gasteiger partial charge >= 0.3 is 0 Å². The largest absolute Gasteiger partial charge is 0.368 e. The van der Waals surface area contributed by atoms with E-state index in [4.69, 9.17) is 0 Å². The predicted molar refractivity (Wildman–Crippen MR) is 149 cm³/mol. The first-order valence-corrected chi connectivity index (χ1v) is 15.0. The molecule has 0 saturated carbocycles. The molecular formula is C29H38N4O4S. The highest BCUT2D eigenvalue weighted by atomic mass is 32.2. The molecule has 3 aliphatic rings. The van der Waals surface area contributed by atoms with E-state index in [9.17, 15) is 18.0 Å². The molecule has 8 nitrogen and oxygen atoms in total. The molecule has 2 saturated heterocycles. The molecule has 5 rings (SSSR count). The zero-order valence-electron chi connectivity index (χ0n) is 22.8. The molecule has 2 fully saturated rings. The van der Waals surface area contributed by atoms with Crippen molar-refractivity contribution in [3.8, 4) is 0 Å². The van der Waals surface area contributed by atoms with Crippen molar-refractivity contribution in [1.29, 1.82) is 0 Å². The topological polar surface area (TPSA) is 81.2 Å². The molecule has 0 aliphatic carbocycles. The summed E-state index contributed by atoms with van der Waals surface area (Å²) < 4.78 is 28.4. The summed E-state index contributed by atoms with van der Waals surface area (Å²) in [5.74, 6) is -0.0255. The summed E-state index contributed by atoms with van der Waals surface area (Å²) in [7, 11) is -3.66. The number of sulfonamides is 1. The maximum atomic E-state index is 13.4. The number of nitrogens with zero attached hydrogens (tertiary/aromatic N) is 4. The van der Waals surface area contributed by atoms with Crippen LogP contribution in [-0.4, -0.2) is 74.7 Å². The second-order valence-corrected chi connectivity index (χ2v) is 12.9. The number of hydrogen-bond donors (Lipinski definition) is 0. The Labute approximate surface area is 226 Å². The number of aryl methyl sites for hydroxylation is 1. The first-order chi connectivity index (χ1) is 18.1.